The summed E-state index contributed by atoms with van der Waals surface area (Å²) in [5.74, 6) is -0.0278. The Morgan fingerprint density at radius 3 is 2.57 bits per heavy atom. The van der Waals surface area contributed by atoms with Crippen LogP contribution in [-0.4, -0.2) is 5.78 Å². The molecule has 1 aliphatic heterocycles. The number of ketones is 1. The van der Waals surface area contributed by atoms with Gasteiger partial charge >= 0.3 is 0 Å². The summed E-state index contributed by atoms with van der Waals surface area (Å²) in [7, 11) is 0. The van der Waals surface area contributed by atoms with Crippen LogP contribution in [0.15, 0.2) is 24.6 Å². The number of nitrogens with one attached hydrogen (secondary N) is 1. The molecule has 0 amide bonds. The number of hydrogen-bond acceptors (Lipinski definition) is 2. The van der Waals surface area contributed by atoms with Gasteiger partial charge in [-0.2, -0.15) is 0 Å². The van der Waals surface area contributed by atoms with Gasteiger partial charge in [0.2, 0.25) is 5.78 Å². The highest BCUT2D eigenvalue weighted by Gasteiger charge is 2.04. The summed E-state index contributed by atoms with van der Waals surface area (Å²) in [6.45, 7) is 3.41. The van der Waals surface area contributed by atoms with E-state index < -0.39 is 0 Å². The van der Waals surface area contributed by atoms with E-state index in [1.165, 1.54) is 6.08 Å². The molecule has 2 heteroatoms. The Kier molecular flexibility index (Phi) is 0.719. The van der Waals surface area contributed by atoms with E-state index in [0.717, 1.165) is 0 Å². The summed E-state index contributed by atoms with van der Waals surface area (Å²) in [4.78, 5) is 10.3. The zero-order valence-corrected chi connectivity index (χ0v) is 3.77. The van der Waals surface area contributed by atoms with Gasteiger partial charge in [-0.15, -0.1) is 0 Å². The maximum Gasteiger partial charge on any atom is 0.202 e. The molecule has 1 heterocycles. The van der Waals surface area contributed by atoms with E-state index in [0.29, 0.717) is 5.70 Å². The first kappa shape index (κ1) is 4.12. The Morgan fingerprint density at radius 1 is 1.71 bits per heavy atom. The first-order valence-electron chi connectivity index (χ1n) is 1.97. The normalized spacial score (nSPS) is 17.7. The van der Waals surface area contributed by atoms with Crippen molar-refractivity contribution in [3.05, 3.63) is 24.6 Å². The lowest BCUT2D eigenvalue weighted by Gasteiger charge is -1.85. The lowest BCUT2D eigenvalue weighted by molar-refractivity contribution is -0.111. The van der Waals surface area contributed by atoms with Crippen molar-refractivity contribution in [2.75, 3.05) is 0 Å². The van der Waals surface area contributed by atoms with Crippen molar-refractivity contribution in [3.8, 4) is 0 Å². The van der Waals surface area contributed by atoms with Crippen molar-refractivity contribution in [2.24, 2.45) is 0 Å². The van der Waals surface area contributed by atoms with Crippen molar-refractivity contribution < 1.29 is 4.79 Å². The number of allylic oxidation sites excluding steroid dienone is 1. The molecule has 36 valence electrons. The predicted molar refractivity (Wildman–Crippen MR) is 26.4 cm³/mol. The monoisotopic (exact) mass is 95.0 g/mol. The Bertz CT molecular complexity index is 146. The van der Waals surface area contributed by atoms with Crippen LogP contribution in [0.5, 0.6) is 0 Å². The van der Waals surface area contributed by atoms with Gasteiger partial charge in [0.15, 0.2) is 0 Å². The fraction of sp³-hybridized carbons (Fsp3) is 0. The van der Waals surface area contributed by atoms with Gasteiger partial charge in [-0.05, 0) is 0 Å². The van der Waals surface area contributed by atoms with E-state index in [1.54, 1.807) is 6.20 Å². The molecule has 2 nitrogen and oxygen atoms in total. The predicted octanol–water partition coefficient (Wildman–Crippen LogP) is 0.186. The molecular weight excluding hydrogens is 90.1 g/mol. The third-order valence-electron chi connectivity index (χ3n) is 0.790. The molecule has 1 rings (SSSR count). The number of hydrogen-bond donors (Lipinski definition) is 1. The first-order chi connectivity index (χ1) is 3.30. The van der Waals surface area contributed by atoms with E-state index in [9.17, 15) is 4.79 Å². The van der Waals surface area contributed by atoms with Crippen LogP contribution < -0.4 is 5.32 Å². The second kappa shape index (κ2) is 1.22. The Labute approximate surface area is 41.5 Å². The number of carbonyl (C=O) groups excluding carboxylic acids is 1. The highest BCUT2D eigenvalue weighted by atomic mass is 16.1. The van der Waals surface area contributed by atoms with Gasteiger partial charge in [-0.25, -0.2) is 0 Å². The maximum absolute atomic E-state index is 10.3. The second-order valence-electron chi connectivity index (χ2n) is 1.32. The summed E-state index contributed by atoms with van der Waals surface area (Å²) in [6, 6.07) is 0. The minimum Gasteiger partial charge on any atom is -0.359 e. The van der Waals surface area contributed by atoms with Gasteiger partial charge in [0.05, 0.1) is 5.70 Å². The van der Waals surface area contributed by atoms with Crippen LogP contribution >= 0.6 is 0 Å². The molecular formula is C5H5NO. The Hall–Kier alpha value is -1.05. The van der Waals surface area contributed by atoms with Crippen molar-refractivity contribution >= 4 is 5.78 Å². The molecule has 0 saturated carbocycles. The average Bonchev–Trinajstić information content (AvgIpc) is 1.91. The standard InChI is InChI=1S/C5H5NO/c1-4-5(7)2-3-6-4/h2-3,6H,1H2. The molecule has 0 fully saturated rings. The molecule has 1 aliphatic rings. The van der Waals surface area contributed by atoms with Gasteiger partial charge in [-0.1, -0.05) is 6.58 Å². The van der Waals surface area contributed by atoms with Crippen LogP contribution in [0, 0.1) is 0 Å². The zero-order valence-electron chi connectivity index (χ0n) is 3.77. The van der Waals surface area contributed by atoms with Crippen LogP contribution in [0.25, 0.3) is 0 Å². The van der Waals surface area contributed by atoms with Crippen molar-refractivity contribution in [2.45, 2.75) is 0 Å². The number of carbonyl (C=O) groups is 1. The molecule has 0 saturated heterocycles. The van der Waals surface area contributed by atoms with E-state index in [4.69, 9.17) is 0 Å². The van der Waals surface area contributed by atoms with Crippen molar-refractivity contribution in [3.63, 3.8) is 0 Å². The molecule has 0 aromatic heterocycles. The summed E-state index contributed by atoms with van der Waals surface area (Å²) in [6.07, 6.45) is 3.02. The van der Waals surface area contributed by atoms with Crippen LogP contribution in [0.2, 0.25) is 0 Å². The minimum absolute atomic E-state index is 0.0278. The summed E-state index contributed by atoms with van der Waals surface area (Å²) < 4.78 is 0. The molecule has 7 heavy (non-hydrogen) atoms. The van der Waals surface area contributed by atoms with Gasteiger partial charge in [0.1, 0.15) is 0 Å². The van der Waals surface area contributed by atoms with Gasteiger partial charge < -0.3 is 5.32 Å². The van der Waals surface area contributed by atoms with Crippen molar-refractivity contribution in [1.82, 2.24) is 5.32 Å². The van der Waals surface area contributed by atoms with Crippen LogP contribution in [0.4, 0.5) is 0 Å². The highest BCUT2D eigenvalue weighted by molar-refractivity contribution is 6.05. The highest BCUT2D eigenvalue weighted by Crippen LogP contribution is 1.94. The first-order valence-corrected chi connectivity index (χ1v) is 1.97. The summed E-state index contributed by atoms with van der Waals surface area (Å²) in [5, 5.41) is 2.64. The SMILES string of the molecule is C=C1NC=CC1=O. The van der Waals surface area contributed by atoms with Gasteiger partial charge in [-0.3, -0.25) is 4.79 Å². The molecule has 1 N–H and O–H groups in total. The van der Waals surface area contributed by atoms with E-state index >= 15 is 0 Å². The lowest BCUT2D eigenvalue weighted by Crippen LogP contribution is -2.01. The molecule has 0 spiro atoms. The third kappa shape index (κ3) is 0.538. The largest absolute Gasteiger partial charge is 0.359 e. The van der Waals surface area contributed by atoms with Gasteiger partial charge in [0, 0.05) is 12.3 Å². The lowest BCUT2D eigenvalue weighted by atomic mass is 10.4. The van der Waals surface area contributed by atoms with Crippen LogP contribution in [0.1, 0.15) is 0 Å². The minimum atomic E-state index is -0.0278. The maximum atomic E-state index is 10.3. The molecule has 0 aromatic rings. The molecule has 0 radical (unpaired) electrons. The van der Waals surface area contributed by atoms with E-state index in [-0.39, 0.29) is 5.78 Å². The van der Waals surface area contributed by atoms with Crippen LogP contribution in [0.3, 0.4) is 0 Å². The molecule has 0 unspecified atom stereocenters. The quantitative estimate of drug-likeness (QED) is 0.435. The smallest absolute Gasteiger partial charge is 0.202 e. The molecule has 0 aromatic carbocycles. The topological polar surface area (TPSA) is 29.1 Å². The Balaban J connectivity index is 2.81. The molecule has 0 atom stereocenters. The summed E-state index contributed by atoms with van der Waals surface area (Å²) in [5.41, 5.74) is 0.458. The van der Waals surface area contributed by atoms with Crippen molar-refractivity contribution in [1.29, 1.82) is 0 Å². The van der Waals surface area contributed by atoms with E-state index in [2.05, 4.69) is 11.9 Å². The fourth-order valence-electron chi connectivity index (χ4n) is 0.390. The fourth-order valence-corrected chi connectivity index (χ4v) is 0.390. The third-order valence-corrected chi connectivity index (χ3v) is 0.790. The number of rotatable bonds is 0. The van der Waals surface area contributed by atoms with Gasteiger partial charge in [0.25, 0.3) is 0 Å². The summed E-state index contributed by atoms with van der Waals surface area (Å²) >= 11 is 0. The second-order valence-corrected chi connectivity index (χ2v) is 1.32. The zero-order chi connectivity index (χ0) is 5.28. The average molecular weight is 95.1 g/mol. The van der Waals surface area contributed by atoms with Crippen LogP contribution in [-0.2, 0) is 4.79 Å². The van der Waals surface area contributed by atoms with E-state index in [1.807, 2.05) is 0 Å². The Morgan fingerprint density at radius 2 is 2.43 bits per heavy atom. The molecule has 0 aliphatic carbocycles. The molecule has 0 bridgehead atoms.